The molecule has 24 heavy (non-hydrogen) atoms. The monoisotopic (exact) mass is 367 g/mol. The number of carbonyl (C=O) groups is 1. The van der Waals surface area contributed by atoms with Gasteiger partial charge < -0.3 is 15.2 Å². The fourth-order valence-corrected chi connectivity index (χ4v) is 2.33. The maximum absolute atomic E-state index is 12.8. The molecule has 0 saturated heterocycles. The molecule has 0 fully saturated rings. The average molecular weight is 368 g/mol. The van der Waals surface area contributed by atoms with E-state index in [0.717, 1.165) is 25.0 Å². The zero-order valence-electron chi connectivity index (χ0n) is 13.3. The van der Waals surface area contributed by atoms with E-state index in [-0.39, 0.29) is 23.4 Å². The van der Waals surface area contributed by atoms with Gasteiger partial charge in [-0.3, -0.25) is 0 Å². The van der Waals surface area contributed by atoms with Gasteiger partial charge in [-0.2, -0.15) is 13.2 Å². The SMILES string of the molecule is CCCCC(CCCNC(=O)O)Oc1cc(C(F)(F)F)ccc1Cl. The summed E-state index contributed by atoms with van der Waals surface area (Å²) in [6.45, 7) is 2.26. The summed E-state index contributed by atoms with van der Waals surface area (Å²) in [5.74, 6) is -0.00112. The van der Waals surface area contributed by atoms with Gasteiger partial charge in [0.15, 0.2) is 0 Å². The lowest BCUT2D eigenvalue weighted by Crippen LogP contribution is -2.24. The summed E-state index contributed by atoms with van der Waals surface area (Å²) in [6, 6.07) is 2.98. The van der Waals surface area contributed by atoms with Crippen molar-refractivity contribution in [1.29, 1.82) is 0 Å². The molecular formula is C16H21ClF3NO3. The summed E-state index contributed by atoms with van der Waals surface area (Å²) in [5.41, 5.74) is -0.816. The van der Waals surface area contributed by atoms with Crippen molar-refractivity contribution in [2.45, 2.75) is 51.3 Å². The molecule has 1 unspecified atom stereocenters. The highest BCUT2D eigenvalue weighted by molar-refractivity contribution is 6.32. The van der Waals surface area contributed by atoms with Crippen molar-refractivity contribution in [3.05, 3.63) is 28.8 Å². The molecule has 0 saturated carbocycles. The first-order valence-electron chi connectivity index (χ1n) is 7.74. The number of rotatable bonds is 9. The van der Waals surface area contributed by atoms with E-state index >= 15 is 0 Å². The van der Waals surface area contributed by atoms with Crippen molar-refractivity contribution in [3.8, 4) is 5.75 Å². The first-order valence-corrected chi connectivity index (χ1v) is 8.12. The molecule has 136 valence electrons. The second kappa shape index (κ2) is 9.61. The van der Waals surface area contributed by atoms with E-state index in [4.69, 9.17) is 21.4 Å². The van der Waals surface area contributed by atoms with Gasteiger partial charge in [0.2, 0.25) is 0 Å². The van der Waals surface area contributed by atoms with Gasteiger partial charge in [-0.15, -0.1) is 0 Å². The van der Waals surface area contributed by atoms with Crippen molar-refractivity contribution in [3.63, 3.8) is 0 Å². The van der Waals surface area contributed by atoms with Crippen LogP contribution in [0.15, 0.2) is 18.2 Å². The van der Waals surface area contributed by atoms with E-state index in [1.807, 2.05) is 6.92 Å². The zero-order valence-corrected chi connectivity index (χ0v) is 14.1. The quantitative estimate of drug-likeness (QED) is 0.579. The molecule has 0 aliphatic heterocycles. The number of nitrogens with one attached hydrogen (secondary N) is 1. The number of ether oxygens (including phenoxy) is 1. The van der Waals surface area contributed by atoms with Crippen LogP contribution in [0.25, 0.3) is 0 Å². The minimum atomic E-state index is -4.47. The maximum Gasteiger partial charge on any atom is 0.416 e. The van der Waals surface area contributed by atoms with Crippen LogP contribution in [0.2, 0.25) is 5.02 Å². The molecule has 1 rings (SSSR count). The highest BCUT2D eigenvalue weighted by Crippen LogP contribution is 2.35. The lowest BCUT2D eigenvalue weighted by molar-refractivity contribution is -0.137. The van der Waals surface area contributed by atoms with E-state index in [1.165, 1.54) is 6.07 Å². The average Bonchev–Trinajstić information content (AvgIpc) is 2.49. The summed E-state index contributed by atoms with van der Waals surface area (Å²) in [4.78, 5) is 10.4. The molecule has 0 aliphatic carbocycles. The van der Waals surface area contributed by atoms with Gasteiger partial charge in [0.25, 0.3) is 0 Å². The number of unbranched alkanes of at least 4 members (excludes halogenated alkanes) is 1. The molecule has 4 nitrogen and oxygen atoms in total. The maximum atomic E-state index is 12.8. The Balaban J connectivity index is 2.75. The standard InChI is InChI=1S/C16H21ClF3NO3/c1-2-3-5-12(6-4-9-21-15(22)23)24-14-10-11(16(18,19)20)7-8-13(14)17/h7-8,10,12,21H,2-6,9H2,1H3,(H,22,23). The Morgan fingerprint density at radius 2 is 2.00 bits per heavy atom. The third-order valence-corrected chi connectivity index (χ3v) is 3.72. The lowest BCUT2D eigenvalue weighted by Gasteiger charge is -2.21. The fraction of sp³-hybridized carbons (Fsp3) is 0.562. The molecule has 0 aliphatic rings. The number of hydrogen-bond donors (Lipinski definition) is 2. The molecule has 0 radical (unpaired) electrons. The van der Waals surface area contributed by atoms with Crippen molar-refractivity contribution < 1.29 is 27.8 Å². The zero-order chi connectivity index (χ0) is 18.2. The van der Waals surface area contributed by atoms with Crippen molar-refractivity contribution in [2.24, 2.45) is 0 Å². The fourth-order valence-electron chi connectivity index (χ4n) is 2.17. The summed E-state index contributed by atoms with van der Waals surface area (Å²) in [5, 5.41) is 10.9. The number of hydrogen-bond acceptors (Lipinski definition) is 2. The van der Waals surface area contributed by atoms with E-state index in [0.29, 0.717) is 19.3 Å². The van der Waals surface area contributed by atoms with Gasteiger partial charge >= 0.3 is 12.3 Å². The van der Waals surface area contributed by atoms with Crippen LogP contribution in [0.5, 0.6) is 5.75 Å². The lowest BCUT2D eigenvalue weighted by atomic mass is 10.1. The number of benzene rings is 1. The molecule has 1 atom stereocenters. The first kappa shape index (κ1) is 20.4. The topological polar surface area (TPSA) is 58.6 Å². The molecule has 0 aromatic heterocycles. The van der Waals surface area contributed by atoms with Crippen LogP contribution < -0.4 is 10.1 Å². The molecule has 0 spiro atoms. The van der Waals surface area contributed by atoms with Crippen LogP contribution in [-0.2, 0) is 6.18 Å². The summed E-state index contributed by atoms with van der Waals surface area (Å²) in [6.07, 6.45) is -2.41. The van der Waals surface area contributed by atoms with E-state index in [9.17, 15) is 18.0 Å². The Bertz CT molecular complexity index is 538. The van der Waals surface area contributed by atoms with Gasteiger partial charge in [0.05, 0.1) is 16.7 Å². The highest BCUT2D eigenvalue weighted by atomic mass is 35.5. The van der Waals surface area contributed by atoms with Gasteiger partial charge in [-0.1, -0.05) is 31.4 Å². The minimum absolute atomic E-state index is 0.00112. The molecular weight excluding hydrogens is 347 g/mol. The highest BCUT2D eigenvalue weighted by Gasteiger charge is 2.31. The van der Waals surface area contributed by atoms with E-state index < -0.39 is 17.8 Å². The van der Waals surface area contributed by atoms with Gasteiger partial charge in [0.1, 0.15) is 5.75 Å². The van der Waals surface area contributed by atoms with Crippen LogP contribution in [-0.4, -0.2) is 23.8 Å². The second-order valence-corrected chi connectivity index (χ2v) is 5.81. The van der Waals surface area contributed by atoms with Crippen LogP contribution in [0, 0.1) is 0 Å². The minimum Gasteiger partial charge on any atom is -0.489 e. The third kappa shape index (κ3) is 7.29. The summed E-state index contributed by atoms with van der Waals surface area (Å²) < 4.78 is 44.1. The van der Waals surface area contributed by atoms with Crippen LogP contribution in [0.1, 0.15) is 44.6 Å². The molecule has 0 heterocycles. The summed E-state index contributed by atoms with van der Waals surface area (Å²) in [7, 11) is 0. The Hall–Kier alpha value is -1.63. The van der Waals surface area contributed by atoms with Crippen molar-refractivity contribution in [1.82, 2.24) is 5.32 Å². The Kier molecular flexibility index (Phi) is 8.18. The van der Waals surface area contributed by atoms with Gasteiger partial charge in [0, 0.05) is 6.54 Å². The number of carboxylic acid groups (broad SMARTS) is 1. The largest absolute Gasteiger partial charge is 0.489 e. The molecule has 1 amide bonds. The summed E-state index contributed by atoms with van der Waals surface area (Å²) >= 11 is 5.94. The Morgan fingerprint density at radius 3 is 2.58 bits per heavy atom. The van der Waals surface area contributed by atoms with Crippen molar-refractivity contribution >= 4 is 17.7 Å². The molecule has 0 bridgehead atoms. The molecule has 2 N–H and O–H groups in total. The Morgan fingerprint density at radius 1 is 1.33 bits per heavy atom. The molecule has 1 aromatic carbocycles. The molecule has 8 heteroatoms. The number of amides is 1. The van der Waals surface area contributed by atoms with Crippen LogP contribution in [0.4, 0.5) is 18.0 Å². The van der Waals surface area contributed by atoms with Gasteiger partial charge in [-0.25, -0.2) is 4.79 Å². The Labute approximate surface area is 143 Å². The molecule has 1 aromatic rings. The van der Waals surface area contributed by atoms with Crippen LogP contribution >= 0.6 is 11.6 Å². The van der Waals surface area contributed by atoms with Gasteiger partial charge in [-0.05, 0) is 37.5 Å². The van der Waals surface area contributed by atoms with Crippen LogP contribution in [0.3, 0.4) is 0 Å². The predicted molar refractivity (Wildman–Crippen MR) is 85.7 cm³/mol. The smallest absolute Gasteiger partial charge is 0.416 e. The number of alkyl halides is 3. The van der Waals surface area contributed by atoms with Crippen molar-refractivity contribution in [2.75, 3.05) is 6.54 Å². The first-order chi connectivity index (χ1) is 11.2. The normalized spacial score (nSPS) is 12.7. The second-order valence-electron chi connectivity index (χ2n) is 5.40. The van der Waals surface area contributed by atoms with E-state index in [2.05, 4.69) is 5.32 Å². The predicted octanol–water partition coefficient (Wildman–Crippen LogP) is 5.34. The number of halogens is 4. The third-order valence-electron chi connectivity index (χ3n) is 3.41. The van der Waals surface area contributed by atoms with E-state index in [1.54, 1.807) is 0 Å².